The van der Waals surface area contributed by atoms with Gasteiger partial charge in [-0.1, -0.05) is 12.1 Å². The molecule has 2 heterocycles. The number of carbonyl (C=O) groups excluding carboxylic acids is 1. The fraction of sp³-hybridized carbons (Fsp3) is 0.182. The van der Waals surface area contributed by atoms with Gasteiger partial charge in [0.25, 0.3) is 5.91 Å². The van der Waals surface area contributed by atoms with E-state index in [0.29, 0.717) is 11.5 Å². The second-order valence-corrected chi connectivity index (χ2v) is 10.2. The Hall–Kier alpha value is -3.21. The third-order valence-corrected chi connectivity index (χ3v) is 7.66. The normalized spacial score (nSPS) is 11.8. The van der Waals surface area contributed by atoms with Crippen LogP contribution in [0, 0.1) is 0 Å². The number of furan rings is 1. The summed E-state index contributed by atoms with van der Waals surface area (Å²) in [6, 6.07) is 15.7. The lowest BCUT2D eigenvalue weighted by Crippen LogP contribution is -2.25. The number of hydrogen-bond acceptors (Lipinski definition) is 7. The van der Waals surface area contributed by atoms with E-state index in [1.54, 1.807) is 6.07 Å². The minimum absolute atomic E-state index is 0.0752. The first-order valence-electron chi connectivity index (χ1n) is 9.63. The number of hydrogen-bond donors (Lipinski definition) is 1. The fourth-order valence-electron chi connectivity index (χ4n) is 3.05. The maximum atomic E-state index is 12.6. The predicted octanol–water partition coefficient (Wildman–Crippen LogP) is 3.75. The Morgan fingerprint density at radius 3 is 2.66 bits per heavy atom. The molecule has 0 saturated heterocycles. The molecule has 166 valence electrons. The molecule has 0 radical (unpaired) electrons. The summed E-state index contributed by atoms with van der Waals surface area (Å²) in [7, 11) is 0.438. The zero-order valence-corrected chi connectivity index (χ0v) is 19.3. The molecule has 1 amide bonds. The van der Waals surface area contributed by atoms with E-state index in [1.807, 2.05) is 30.3 Å². The summed E-state index contributed by atoms with van der Waals surface area (Å²) in [5, 5.41) is 3.51. The van der Waals surface area contributed by atoms with E-state index in [4.69, 9.17) is 9.15 Å². The number of carbonyl (C=O) groups is 1. The summed E-state index contributed by atoms with van der Waals surface area (Å²) in [6.07, 6.45) is 0. The molecule has 2 aromatic carbocycles. The van der Waals surface area contributed by atoms with Gasteiger partial charge in [-0.2, -0.15) is 0 Å². The number of para-hydroxylation sites is 1. The van der Waals surface area contributed by atoms with E-state index in [9.17, 15) is 13.2 Å². The highest BCUT2D eigenvalue weighted by Crippen LogP contribution is 2.31. The Morgan fingerprint density at radius 1 is 1.16 bits per heavy atom. The Labute approximate surface area is 189 Å². The van der Waals surface area contributed by atoms with Crippen molar-refractivity contribution >= 4 is 37.5 Å². The van der Waals surface area contributed by atoms with E-state index in [-0.39, 0.29) is 22.8 Å². The summed E-state index contributed by atoms with van der Waals surface area (Å²) in [5.74, 6) is 0.920. The molecule has 0 unspecified atom stereocenters. The van der Waals surface area contributed by atoms with Crippen molar-refractivity contribution in [1.29, 1.82) is 0 Å². The van der Waals surface area contributed by atoms with Gasteiger partial charge >= 0.3 is 0 Å². The molecule has 0 aliphatic heterocycles. The minimum Gasteiger partial charge on any atom is -0.495 e. The molecule has 0 bridgehead atoms. The third-order valence-electron chi connectivity index (χ3n) is 4.77. The van der Waals surface area contributed by atoms with Gasteiger partial charge in [-0.3, -0.25) is 4.79 Å². The maximum Gasteiger partial charge on any atom is 0.251 e. The van der Waals surface area contributed by atoms with Crippen LogP contribution in [0.3, 0.4) is 0 Å². The number of rotatable bonds is 7. The average Bonchev–Trinajstić information content (AvgIpc) is 3.43. The number of benzene rings is 2. The van der Waals surface area contributed by atoms with Crippen LogP contribution >= 0.6 is 11.3 Å². The minimum atomic E-state index is -3.78. The van der Waals surface area contributed by atoms with Gasteiger partial charge in [-0.15, -0.1) is 11.3 Å². The highest BCUT2D eigenvalue weighted by Gasteiger charge is 2.24. The molecule has 2 aromatic heterocycles. The van der Waals surface area contributed by atoms with Crippen molar-refractivity contribution in [1.82, 2.24) is 14.6 Å². The first-order chi connectivity index (χ1) is 15.3. The van der Waals surface area contributed by atoms with Crippen molar-refractivity contribution in [2.24, 2.45) is 0 Å². The number of nitrogens with one attached hydrogen (secondary N) is 1. The highest BCUT2D eigenvalue weighted by molar-refractivity contribution is 7.89. The van der Waals surface area contributed by atoms with Crippen LogP contribution in [-0.4, -0.2) is 44.8 Å². The molecule has 4 aromatic rings. The van der Waals surface area contributed by atoms with Crippen LogP contribution in [0.1, 0.15) is 16.1 Å². The largest absolute Gasteiger partial charge is 0.495 e. The summed E-state index contributed by atoms with van der Waals surface area (Å²) < 4.78 is 38.3. The zero-order chi connectivity index (χ0) is 22.9. The number of aromatic nitrogens is 1. The van der Waals surface area contributed by atoms with Crippen molar-refractivity contribution in [3.8, 4) is 16.5 Å². The van der Waals surface area contributed by atoms with Gasteiger partial charge in [-0.25, -0.2) is 17.7 Å². The SMILES string of the molecule is COc1ccc(C(=O)NCc2ccc(-c3nc4ccccc4s3)o2)cc1S(=O)(=O)N(C)C. The molecule has 32 heavy (non-hydrogen) atoms. The monoisotopic (exact) mass is 471 g/mol. The number of fused-ring (bicyclic) bond motifs is 1. The zero-order valence-electron chi connectivity index (χ0n) is 17.7. The number of sulfonamides is 1. The molecule has 0 spiro atoms. The smallest absolute Gasteiger partial charge is 0.251 e. The van der Waals surface area contributed by atoms with Gasteiger partial charge in [0.15, 0.2) is 10.8 Å². The summed E-state index contributed by atoms with van der Waals surface area (Å²) >= 11 is 1.53. The van der Waals surface area contributed by atoms with Crippen LogP contribution < -0.4 is 10.1 Å². The maximum absolute atomic E-state index is 12.6. The predicted molar refractivity (Wildman–Crippen MR) is 122 cm³/mol. The molecule has 0 aliphatic carbocycles. The molecule has 8 nitrogen and oxygen atoms in total. The van der Waals surface area contributed by atoms with Crippen LogP contribution in [0.15, 0.2) is 63.9 Å². The van der Waals surface area contributed by atoms with Gasteiger partial charge in [0, 0.05) is 19.7 Å². The Kier molecular flexibility index (Phi) is 6.00. The highest BCUT2D eigenvalue weighted by atomic mass is 32.2. The lowest BCUT2D eigenvalue weighted by atomic mass is 10.2. The van der Waals surface area contributed by atoms with Gasteiger partial charge in [0.2, 0.25) is 10.0 Å². The third kappa shape index (κ3) is 4.24. The Morgan fingerprint density at radius 2 is 1.94 bits per heavy atom. The first kappa shape index (κ1) is 22.0. The molecule has 0 fully saturated rings. The fourth-order valence-corrected chi connectivity index (χ4v) is 5.05. The van der Waals surface area contributed by atoms with E-state index >= 15 is 0 Å². The summed E-state index contributed by atoms with van der Waals surface area (Å²) in [5.41, 5.74) is 1.10. The molecule has 0 aliphatic rings. The molecule has 10 heteroatoms. The lowest BCUT2D eigenvalue weighted by molar-refractivity contribution is 0.0948. The number of methoxy groups -OCH3 is 1. The summed E-state index contributed by atoms with van der Waals surface area (Å²) in [4.78, 5) is 17.1. The van der Waals surface area contributed by atoms with Crippen LogP contribution in [0.4, 0.5) is 0 Å². The molecular weight excluding hydrogens is 450 g/mol. The second-order valence-electron chi connectivity index (χ2n) is 7.09. The number of nitrogens with zero attached hydrogens (tertiary/aromatic N) is 2. The Balaban J connectivity index is 1.50. The number of amides is 1. The number of ether oxygens (including phenoxy) is 1. The molecule has 0 saturated carbocycles. The lowest BCUT2D eigenvalue weighted by Gasteiger charge is -2.15. The van der Waals surface area contributed by atoms with E-state index < -0.39 is 15.9 Å². The quantitative estimate of drug-likeness (QED) is 0.441. The van der Waals surface area contributed by atoms with Crippen LogP contribution in [-0.2, 0) is 16.6 Å². The second kappa shape index (κ2) is 8.73. The van der Waals surface area contributed by atoms with Crippen LogP contribution in [0.2, 0.25) is 0 Å². The van der Waals surface area contributed by atoms with Crippen molar-refractivity contribution in [3.05, 3.63) is 65.9 Å². The average molecular weight is 472 g/mol. The van der Waals surface area contributed by atoms with Crippen LogP contribution in [0.5, 0.6) is 5.75 Å². The number of thiazole rings is 1. The van der Waals surface area contributed by atoms with Gasteiger partial charge in [0.1, 0.15) is 16.4 Å². The van der Waals surface area contributed by atoms with E-state index in [0.717, 1.165) is 19.5 Å². The van der Waals surface area contributed by atoms with Crippen molar-refractivity contribution in [2.75, 3.05) is 21.2 Å². The molecule has 1 N–H and O–H groups in total. The summed E-state index contributed by atoms with van der Waals surface area (Å²) in [6.45, 7) is 0.144. The van der Waals surface area contributed by atoms with Crippen molar-refractivity contribution < 1.29 is 22.4 Å². The van der Waals surface area contributed by atoms with Gasteiger partial charge in [0.05, 0.1) is 23.9 Å². The van der Waals surface area contributed by atoms with Crippen LogP contribution in [0.25, 0.3) is 21.0 Å². The topological polar surface area (TPSA) is 102 Å². The van der Waals surface area contributed by atoms with Gasteiger partial charge < -0.3 is 14.5 Å². The standard InChI is InChI=1S/C22H21N3O5S2/c1-25(2)32(27,28)20-12-14(8-10-17(20)29-3)21(26)23-13-15-9-11-18(30-15)22-24-16-6-4-5-7-19(16)31-22/h4-12H,13H2,1-3H3,(H,23,26). The Bertz CT molecular complexity index is 1360. The van der Waals surface area contributed by atoms with E-state index in [1.165, 1.54) is 50.7 Å². The van der Waals surface area contributed by atoms with Crippen molar-refractivity contribution in [2.45, 2.75) is 11.4 Å². The molecule has 0 atom stereocenters. The first-order valence-corrected chi connectivity index (χ1v) is 11.9. The molecular formula is C22H21N3O5S2. The molecule has 4 rings (SSSR count). The van der Waals surface area contributed by atoms with E-state index in [2.05, 4.69) is 10.3 Å². The van der Waals surface area contributed by atoms with Gasteiger partial charge in [-0.05, 0) is 42.5 Å². The van der Waals surface area contributed by atoms with Crippen molar-refractivity contribution in [3.63, 3.8) is 0 Å².